The number of halogens is 3. The lowest BCUT2D eigenvalue weighted by atomic mass is 10.1. The molecule has 0 aliphatic heterocycles. The topological polar surface area (TPSA) is 112 Å². The molecule has 0 unspecified atom stereocenters. The minimum atomic E-state index is -4.55. The first-order chi connectivity index (χ1) is 13.2. The Kier molecular flexibility index (Phi) is 4.86. The van der Waals surface area contributed by atoms with Gasteiger partial charge in [0.05, 0.1) is 29.7 Å². The number of carbonyl (C=O) groups is 1. The maximum atomic E-state index is 12.9. The van der Waals surface area contributed by atoms with Crippen LogP contribution in [-0.2, 0) is 12.7 Å². The maximum Gasteiger partial charge on any atom is 0.417 e. The van der Waals surface area contributed by atoms with Crippen LogP contribution in [0.25, 0.3) is 5.65 Å². The SMILES string of the molecule is COc1ccc([N+](=O)[O-])cc1C(=O)NCc1nnc2ccc(C(F)(F)F)cn12. The molecule has 3 aromatic rings. The summed E-state index contributed by atoms with van der Waals surface area (Å²) in [7, 11) is 1.29. The van der Waals surface area contributed by atoms with Gasteiger partial charge in [0.2, 0.25) is 0 Å². The number of nitro benzene ring substituents is 1. The summed E-state index contributed by atoms with van der Waals surface area (Å²) in [6.45, 7) is -0.257. The van der Waals surface area contributed by atoms with E-state index in [4.69, 9.17) is 4.74 Å². The second-order valence-corrected chi connectivity index (χ2v) is 5.58. The molecule has 0 saturated heterocycles. The van der Waals surface area contributed by atoms with Crippen molar-refractivity contribution in [3.05, 3.63) is 63.6 Å². The monoisotopic (exact) mass is 395 g/mol. The maximum absolute atomic E-state index is 12.9. The quantitative estimate of drug-likeness (QED) is 0.525. The molecule has 12 heteroatoms. The zero-order valence-electron chi connectivity index (χ0n) is 14.2. The van der Waals surface area contributed by atoms with Crippen LogP contribution in [0.2, 0.25) is 0 Å². The molecule has 0 fully saturated rings. The Labute approximate surface area is 154 Å². The lowest BCUT2D eigenvalue weighted by molar-refractivity contribution is -0.384. The zero-order chi connectivity index (χ0) is 20.5. The smallest absolute Gasteiger partial charge is 0.417 e. The molecule has 0 radical (unpaired) electrons. The highest BCUT2D eigenvalue weighted by Gasteiger charge is 2.31. The summed E-state index contributed by atoms with van der Waals surface area (Å²) in [4.78, 5) is 22.6. The molecule has 0 saturated carbocycles. The molecule has 0 atom stereocenters. The van der Waals surface area contributed by atoms with Crippen molar-refractivity contribution in [1.82, 2.24) is 19.9 Å². The second kappa shape index (κ2) is 7.13. The Morgan fingerprint density at radius 3 is 2.68 bits per heavy atom. The number of fused-ring (bicyclic) bond motifs is 1. The van der Waals surface area contributed by atoms with Crippen LogP contribution in [0.3, 0.4) is 0 Å². The average molecular weight is 395 g/mol. The number of amides is 1. The molecule has 9 nitrogen and oxygen atoms in total. The number of hydrogen-bond acceptors (Lipinski definition) is 6. The second-order valence-electron chi connectivity index (χ2n) is 5.58. The lowest BCUT2D eigenvalue weighted by Crippen LogP contribution is -2.24. The van der Waals surface area contributed by atoms with Gasteiger partial charge in [-0.1, -0.05) is 0 Å². The number of aromatic nitrogens is 3. The van der Waals surface area contributed by atoms with E-state index in [9.17, 15) is 28.1 Å². The molecule has 0 spiro atoms. The van der Waals surface area contributed by atoms with Crippen molar-refractivity contribution in [2.75, 3.05) is 7.11 Å². The predicted molar refractivity (Wildman–Crippen MR) is 88.8 cm³/mol. The number of methoxy groups -OCH3 is 1. The molecule has 1 aromatic carbocycles. The largest absolute Gasteiger partial charge is 0.496 e. The summed E-state index contributed by atoms with van der Waals surface area (Å²) < 4.78 is 44.8. The number of nitrogens with one attached hydrogen (secondary N) is 1. The number of hydrogen-bond donors (Lipinski definition) is 1. The van der Waals surface area contributed by atoms with E-state index in [1.807, 2.05) is 0 Å². The molecule has 28 heavy (non-hydrogen) atoms. The third-order valence-electron chi connectivity index (χ3n) is 3.85. The van der Waals surface area contributed by atoms with Gasteiger partial charge in [-0.2, -0.15) is 13.2 Å². The van der Waals surface area contributed by atoms with Gasteiger partial charge in [-0.25, -0.2) is 0 Å². The van der Waals surface area contributed by atoms with Crippen molar-refractivity contribution in [1.29, 1.82) is 0 Å². The summed E-state index contributed by atoms with van der Waals surface area (Å²) >= 11 is 0. The Morgan fingerprint density at radius 2 is 2.04 bits per heavy atom. The van der Waals surface area contributed by atoms with Gasteiger partial charge in [0.15, 0.2) is 11.5 Å². The van der Waals surface area contributed by atoms with Crippen molar-refractivity contribution < 1.29 is 27.6 Å². The molecular weight excluding hydrogens is 383 g/mol. The predicted octanol–water partition coefficient (Wildman–Crippen LogP) is 2.59. The summed E-state index contributed by atoms with van der Waals surface area (Å²) in [6.07, 6.45) is -3.72. The molecule has 0 aliphatic rings. The molecular formula is C16H12F3N5O4. The normalized spacial score (nSPS) is 11.4. The van der Waals surface area contributed by atoms with Crippen LogP contribution in [-0.4, -0.2) is 32.5 Å². The molecule has 0 bridgehead atoms. The van der Waals surface area contributed by atoms with Gasteiger partial charge >= 0.3 is 6.18 Å². The number of ether oxygens (including phenoxy) is 1. The highest BCUT2D eigenvalue weighted by Crippen LogP contribution is 2.29. The average Bonchev–Trinajstić information content (AvgIpc) is 3.07. The highest BCUT2D eigenvalue weighted by molar-refractivity contribution is 5.97. The molecule has 146 valence electrons. The molecule has 0 aliphatic carbocycles. The minimum absolute atomic E-state index is 0.0545. The first kappa shape index (κ1) is 19.1. The fourth-order valence-corrected chi connectivity index (χ4v) is 2.47. The number of non-ortho nitro benzene ring substituents is 1. The number of pyridine rings is 1. The van der Waals surface area contributed by atoms with Crippen LogP contribution in [0, 0.1) is 10.1 Å². The summed E-state index contributed by atoms with van der Waals surface area (Å²) in [5.41, 5.74) is -1.13. The first-order valence-corrected chi connectivity index (χ1v) is 7.72. The number of benzene rings is 1. The van der Waals surface area contributed by atoms with E-state index < -0.39 is 22.6 Å². The molecule has 1 N–H and O–H groups in total. The Bertz CT molecular complexity index is 1060. The van der Waals surface area contributed by atoms with E-state index >= 15 is 0 Å². The van der Waals surface area contributed by atoms with Crippen LogP contribution in [0.15, 0.2) is 36.5 Å². The van der Waals surface area contributed by atoms with E-state index in [-0.39, 0.29) is 35.0 Å². The zero-order valence-corrected chi connectivity index (χ0v) is 14.2. The van der Waals surface area contributed by atoms with Crippen molar-refractivity contribution in [2.45, 2.75) is 12.7 Å². The van der Waals surface area contributed by atoms with E-state index in [2.05, 4.69) is 15.5 Å². The van der Waals surface area contributed by atoms with Crippen molar-refractivity contribution in [3.63, 3.8) is 0 Å². The standard InChI is InChI=1S/C16H12F3N5O4/c1-28-12-4-3-10(24(26)27)6-11(12)15(25)20-7-14-22-21-13-5-2-9(8-23(13)14)16(17,18)19/h2-6,8H,7H2,1H3,(H,20,25). The van der Waals surface area contributed by atoms with Crippen LogP contribution in [0.1, 0.15) is 21.7 Å². The Morgan fingerprint density at radius 1 is 1.29 bits per heavy atom. The van der Waals surface area contributed by atoms with Gasteiger partial charge < -0.3 is 10.1 Å². The Balaban J connectivity index is 1.85. The van der Waals surface area contributed by atoms with E-state index in [0.717, 1.165) is 28.8 Å². The summed E-state index contributed by atoms with van der Waals surface area (Å²) in [5, 5.41) is 20.9. The third kappa shape index (κ3) is 3.70. The molecule has 2 heterocycles. The summed E-state index contributed by atoms with van der Waals surface area (Å²) in [5.74, 6) is -0.559. The molecule has 1 amide bonds. The van der Waals surface area contributed by atoms with Crippen LogP contribution in [0.5, 0.6) is 5.75 Å². The van der Waals surface area contributed by atoms with Crippen LogP contribution in [0.4, 0.5) is 18.9 Å². The van der Waals surface area contributed by atoms with Crippen molar-refractivity contribution >= 4 is 17.2 Å². The fourth-order valence-electron chi connectivity index (χ4n) is 2.47. The van der Waals surface area contributed by atoms with Gasteiger partial charge in [-0.05, 0) is 18.2 Å². The molecule has 2 aromatic heterocycles. The van der Waals surface area contributed by atoms with Gasteiger partial charge in [-0.3, -0.25) is 19.3 Å². The van der Waals surface area contributed by atoms with Gasteiger partial charge in [0, 0.05) is 18.3 Å². The number of alkyl halides is 3. The highest BCUT2D eigenvalue weighted by atomic mass is 19.4. The lowest BCUT2D eigenvalue weighted by Gasteiger charge is -2.10. The van der Waals surface area contributed by atoms with Gasteiger partial charge in [0.1, 0.15) is 5.75 Å². The van der Waals surface area contributed by atoms with Gasteiger partial charge in [0.25, 0.3) is 11.6 Å². The van der Waals surface area contributed by atoms with Gasteiger partial charge in [-0.15, -0.1) is 10.2 Å². The van der Waals surface area contributed by atoms with Crippen molar-refractivity contribution in [3.8, 4) is 5.75 Å². The fraction of sp³-hybridized carbons (Fsp3) is 0.188. The Hall–Kier alpha value is -3.70. The third-order valence-corrected chi connectivity index (χ3v) is 3.85. The van der Waals surface area contributed by atoms with Crippen molar-refractivity contribution in [2.24, 2.45) is 0 Å². The van der Waals surface area contributed by atoms with E-state index in [0.29, 0.717) is 0 Å². The number of nitrogens with zero attached hydrogens (tertiary/aromatic N) is 4. The summed E-state index contributed by atoms with van der Waals surface area (Å²) in [6, 6.07) is 5.53. The number of nitro groups is 1. The molecule has 3 rings (SSSR count). The first-order valence-electron chi connectivity index (χ1n) is 7.72. The van der Waals surface area contributed by atoms with Crippen LogP contribution < -0.4 is 10.1 Å². The van der Waals surface area contributed by atoms with E-state index in [1.165, 1.54) is 19.2 Å². The minimum Gasteiger partial charge on any atom is -0.496 e. The van der Waals surface area contributed by atoms with E-state index in [1.54, 1.807) is 0 Å². The number of rotatable bonds is 5. The number of carbonyl (C=O) groups excluding carboxylic acids is 1. The van der Waals surface area contributed by atoms with Crippen LogP contribution >= 0.6 is 0 Å².